The van der Waals surface area contributed by atoms with Crippen LogP contribution >= 0.6 is 0 Å². The van der Waals surface area contributed by atoms with Crippen LogP contribution in [0, 0.1) is 0 Å². The number of rotatable bonds is 15. The van der Waals surface area contributed by atoms with Crippen LogP contribution in [0.4, 0.5) is 0 Å². The Morgan fingerprint density at radius 1 is 0.806 bits per heavy atom. The molecule has 0 atom stereocenters. The van der Waals surface area contributed by atoms with Crippen molar-refractivity contribution in [1.82, 2.24) is 0 Å². The predicted octanol–water partition coefficient (Wildman–Crippen LogP) is 5.02. The number of esters is 1. The van der Waals surface area contributed by atoms with Gasteiger partial charge in [0.1, 0.15) is 37.1 Å². The van der Waals surface area contributed by atoms with Gasteiger partial charge in [-0.2, -0.15) is 0 Å². The zero-order valence-electron chi connectivity index (χ0n) is 18.0. The van der Waals surface area contributed by atoms with Gasteiger partial charge < -0.3 is 18.9 Å². The number of unbranched alkanes of at least 4 members (excludes halogenated alkanes) is 3. The summed E-state index contributed by atoms with van der Waals surface area (Å²) >= 11 is 0. The van der Waals surface area contributed by atoms with Crippen molar-refractivity contribution in [3.8, 4) is 17.2 Å². The molecule has 0 unspecified atom stereocenters. The highest BCUT2D eigenvalue weighted by atomic mass is 16.5. The Kier molecular flexibility index (Phi) is 10.7. The van der Waals surface area contributed by atoms with Crippen molar-refractivity contribution in [2.75, 3.05) is 26.4 Å². The van der Waals surface area contributed by atoms with Crippen LogP contribution in [0.1, 0.15) is 43.0 Å². The Hall–Kier alpha value is -3.28. The quantitative estimate of drug-likeness (QED) is 0.226. The van der Waals surface area contributed by atoms with E-state index in [0.717, 1.165) is 12.2 Å². The van der Waals surface area contributed by atoms with Crippen LogP contribution in [-0.4, -0.2) is 38.2 Å². The molecule has 0 aliphatic heterocycles. The molecule has 0 heterocycles. The largest absolute Gasteiger partial charge is 0.494 e. The highest BCUT2D eigenvalue weighted by Crippen LogP contribution is 2.18. The van der Waals surface area contributed by atoms with Gasteiger partial charge in [-0.15, -0.1) is 0 Å². The van der Waals surface area contributed by atoms with Crippen LogP contribution < -0.4 is 14.2 Å². The number of hydrogen-bond acceptors (Lipinski definition) is 6. The number of ether oxygens (including phenoxy) is 4. The summed E-state index contributed by atoms with van der Waals surface area (Å²) in [6.07, 6.45) is 6.15. The zero-order chi connectivity index (χ0) is 22.3. The third-order valence-electron chi connectivity index (χ3n) is 4.31. The van der Waals surface area contributed by atoms with Crippen LogP contribution in [0.15, 0.2) is 61.2 Å². The maximum atomic E-state index is 12.0. The standard InChI is InChI=1S/C25H30O6/c1-3-5-6-7-17-28-22-12-14-24(15-13-22)31-19-21(26)18-30-23-10-8-20(9-11-23)25(27)29-16-4-2/h4,8-15H,2-3,5-7,16-19H2,1H3. The van der Waals surface area contributed by atoms with Crippen molar-refractivity contribution in [2.24, 2.45) is 0 Å². The Morgan fingerprint density at radius 3 is 1.90 bits per heavy atom. The van der Waals surface area contributed by atoms with Crippen LogP contribution in [0.25, 0.3) is 0 Å². The number of Topliss-reactive ketones (excluding diaryl/α,β-unsaturated/α-hetero) is 1. The third kappa shape index (κ3) is 9.38. The van der Waals surface area contributed by atoms with E-state index in [1.807, 2.05) is 12.1 Å². The van der Waals surface area contributed by atoms with E-state index in [9.17, 15) is 9.59 Å². The van der Waals surface area contributed by atoms with Gasteiger partial charge in [-0.05, 0) is 55.0 Å². The third-order valence-corrected chi connectivity index (χ3v) is 4.31. The summed E-state index contributed by atoms with van der Waals surface area (Å²) in [4.78, 5) is 23.7. The molecular formula is C25H30O6. The van der Waals surface area contributed by atoms with E-state index in [-0.39, 0.29) is 25.6 Å². The average molecular weight is 427 g/mol. The predicted molar refractivity (Wildman–Crippen MR) is 119 cm³/mol. The first-order valence-corrected chi connectivity index (χ1v) is 10.5. The minimum atomic E-state index is -0.441. The van der Waals surface area contributed by atoms with Crippen molar-refractivity contribution in [2.45, 2.75) is 32.6 Å². The van der Waals surface area contributed by atoms with Gasteiger partial charge in [0.05, 0.1) is 12.2 Å². The Labute approximate surface area is 183 Å². The van der Waals surface area contributed by atoms with Gasteiger partial charge in [0.25, 0.3) is 0 Å². The van der Waals surface area contributed by atoms with Gasteiger partial charge in [-0.25, -0.2) is 4.79 Å². The number of hydrogen-bond donors (Lipinski definition) is 0. The van der Waals surface area contributed by atoms with E-state index >= 15 is 0 Å². The Morgan fingerprint density at radius 2 is 1.35 bits per heavy atom. The van der Waals surface area contributed by atoms with Crippen molar-refractivity contribution in [3.05, 3.63) is 66.7 Å². The van der Waals surface area contributed by atoms with Crippen LogP contribution in [0.3, 0.4) is 0 Å². The summed E-state index contributed by atoms with van der Waals surface area (Å²) < 4.78 is 21.6. The molecule has 0 radical (unpaired) electrons. The van der Waals surface area contributed by atoms with E-state index in [2.05, 4.69) is 13.5 Å². The maximum Gasteiger partial charge on any atom is 0.338 e. The van der Waals surface area contributed by atoms with Crippen molar-refractivity contribution < 1.29 is 28.5 Å². The lowest BCUT2D eigenvalue weighted by atomic mass is 10.2. The fourth-order valence-corrected chi connectivity index (χ4v) is 2.63. The lowest BCUT2D eigenvalue weighted by Crippen LogP contribution is -2.19. The highest BCUT2D eigenvalue weighted by molar-refractivity contribution is 5.89. The molecule has 0 amide bonds. The summed E-state index contributed by atoms with van der Waals surface area (Å²) in [5.74, 6) is 1.22. The number of benzene rings is 2. The van der Waals surface area contributed by atoms with Crippen LogP contribution in [-0.2, 0) is 9.53 Å². The minimum Gasteiger partial charge on any atom is -0.494 e. The number of carbonyl (C=O) groups is 2. The van der Waals surface area contributed by atoms with E-state index < -0.39 is 5.97 Å². The molecule has 0 fully saturated rings. The zero-order valence-corrected chi connectivity index (χ0v) is 18.0. The van der Waals surface area contributed by atoms with Crippen molar-refractivity contribution in [3.63, 3.8) is 0 Å². The van der Waals surface area contributed by atoms with Gasteiger partial charge in [0, 0.05) is 0 Å². The topological polar surface area (TPSA) is 71.1 Å². The fourth-order valence-electron chi connectivity index (χ4n) is 2.63. The summed E-state index contributed by atoms with van der Waals surface area (Å²) in [5, 5.41) is 0. The van der Waals surface area contributed by atoms with Gasteiger partial charge in [0.15, 0.2) is 0 Å². The Bertz CT molecular complexity index is 811. The second kappa shape index (κ2) is 13.9. The number of ketones is 1. The molecular weight excluding hydrogens is 396 g/mol. The first-order valence-electron chi connectivity index (χ1n) is 10.5. The summed E-state index contributed by atoms with van der Waals surface area (Å²) in [6, 6.07) is 13.6. The van der Waals surface area contributed by atoms with Crippen molar-refractivity contribution >= 4 is 11.8 Å². The first kappa shape index (κ1) is 24.0. The fraction of sp³-hybridized carbons (Fsp3) is 0.360. The highest BCUT2D eigenvalue weighted by Gasteiger charge is 2.08. The lowest BCUT2D eigenvalue weighted by molar-refractivity contribution is -0.123. The summed E-state index contributed by atoms with van der Waals surface area (Å²) in [7, 11) is 0. The monoisotopic (exact) mass is 426 g/mol. The molecule has 2 aromatic carbocycles. The molecule has 0 aromatic heterocycles. The van der Waals surface area contributed by atoms with Gasteiger partial charge in [-0.1, -0.05) is 38.8 Å². The van der Waals surface area contributed by atoms with E-state index in [1.165, 1.54) is 25.3 Å². The van der Waals surface area contributed by atoms with Gasteiger partial charge in [0.2, 0.25) is 5.78 Å². The van der Waals surface area contributed by atoms with Crippen LogP contribution in [0.2, 0.25) is 0 Å². The molecule has 166 valence electrons. The second-order valence-electron chi connectivity index (χ2n) is 6.91. The average Bonchev–Trinajstić information content (AvgIpc) is 2.80. The molecule has 0 aliphatic rings. The van der Waals surface area contributed by atoms with E-state index in [4.69, 9.17) is 18.9 Å². The second-order valence-corrected chi connectivity index (χ2v) is 6.91. The minimum absolute atomic E-state index is 0.0941. The molecule has 0 saturated heterocycles. The van der Waals surface area contributed by atoms with Crippen molar-refractivity contribution in [1.29, 1.82) is 0 Å². The summed E-state index contributed by atoms with van der Waals surface area (Å²) in [6.45, 7) is 6.31. The maximum absolute atomic E-state index is 12.0. The van der Waals surface area contributed by atoms with E-state index in [0.29, 0.717) is 23.7 Å². The Balaban J connectivity index is 1.67. The smallest absolute Gasteiger partial charge is 0.338 e. The summed E-state index contributed by atoms with van der Waals surface area (Å²) in [5.41, 5.74) is 0.400. The molecule has 6 nitrogen and oxygen atoms in total. The van der Waals surface area contributed by atoms with Gasteiger partial charge in [-0.3, -0.25) is 4.79 Å². The SMILES string of the molecule is C=CCOC(=O)c1ccc(OCC(=O)COc2ccc(OCCCCCC)cc2)cc1. The lowest BCUT2D eigenvalue weighted by Gasteiger charge is -2.09. The number of carbonyl (C=O) groups excluding carboxylic acids is 2. The molecule has 2 rings (SSSR count). The van der Waals surface area contributed by atoms with Crippen LogP contribution in [0.5, 0.6) is 17.2 Å². The first-order chi connectivity index (χ1) is 15.1. The normalized spacial score (nSPS) is 10.2. The molecule has 6 heteroatoms. The molecule has 2 aromatic rings. The molecule has 0 N–H and O–H groups in total. The molecule has 0 saturated carbocycles. The molecule has 0 bridgehead atoms. The molecule has 31 heavy (non-hydrogen) atoms. The molecule has 0 aliphatic carbocycles. The molecule has 0 spiro atoms. The van der Waals surface area contributed by atoms with E-state index in [1.54, 1.807) is 36.4 Å². The van der Waals surface area contributed by atoms with Gasteiger partial charge >= 0.3 is 5.97 Å².